The lowest BCUT2D eigenvalue weighted by Crippen LogP contribution is -2.33. The number of Topliss-reactive ketones (excluding diaryl/α,β-unsaturated/α-hetero) is 1. The number of ketones is 1. The molecule has 1 aliphatic heterocycles. The molecule has 0 radical (unpaired) electrons. The first-order valence-corrected chi connectivity index (χ1v) is 14.2. The Bertz CT molecular complexity index is 1720. The molecule has 3 aromatic carbocycles. The minimum Gasteiger partial charge on any atom is -0.493 e. The first-order valence-electron chi connectivity index (χ1n) is 14.2. The molecule has 0 spiro atoms. The van der Waals surface area contributed by atoms with E-state index in [4.69, 9.17) is 14.2 Å². The Morgan fingerprint density at radius 2 is 1.83 bits per heavy atom. The van der Waals surface area contributed by atoms with E-state index in [0.717, 1.165) is 50.8 Å². The van der Waals surface area contributed by atoms with E-state index in [2.05, 4.69) is 30.2 Å². The van der Waals surface area contributed by atoms with Gasteiger partial charge in [-0.1, -0.05) is 43.7 Å². The van der Waals surface area contributed by atoms with Crippen LogP contribution in [0, 0.1) is 12.3 Å². The molecule has 1 atom stereocenters. The average molecular weight is 563 g/mol. The van der Waals surface area contributed by atoms with Crippen molar-refractivity contribution >= 4 is 33.9 Å². The maximum absolute atomic E-state index is 13.7. The van der Waals surface area contributed by atoms with Gasteiger partial charge in [0.25, 0.3) is 0 Å². The minimum absolute atomic E-state index is 0.0864. The molecular formula is C35H34N2O5. The number of fused-ring (bicyclic) bond motifs is 4. The number of methoxy groups -OCH3 is 1. The number of allylic oxidation sites excluding steroid dienone is 1. The molecule has 0 bridgehead atoms. The zero-order valence-electron chi connectivity index (χ0n) is 24.3. The summed E-state index contributed by atoms with van der Waals surface area (Å²) in [5.74, 6) is 1.15. The van der Waals surface area contributed by atoms with Crippen LogP contribution in [0.25, 0.3) is 16.5 Å². The van der Waals surface area contributed by atoms with E-state index in [0.29, 0.717) is 23.7 Å². The number of esters is 1. The van der Waals surface area contributed by atoms with Crippen LogP contribution in [0.15, 0.2) is 78.5 Å². The molecule has 0 unspecified atom stereocenters. The summed E-state index contributed by atoms with van der Waals surface area (Å²) in [5.41, 5.74) is 6.60. The summed E-state index contributed by atoms with van der Waals surface area (Å²) < 4.78 is 17.0. The molecule has 7 nitrogen and oxygen atoms in total. The molecule has 7 heteroatoms. The monoisotopic (exact) mass is 562 g/mol. The summed E-state index contributed by atoms with van der Waals surface area (Å²) in [5, 5.41) is 4.67. The Labute approximate surface area is 245 Å². The van der Waals surface area contributed by atoms with Gasteiger partial charge >= 0.3 is 5.97 Å². The van der Waals surface area contributed by atoms with E-state index in [9.17, 15) is 9.59 Å². The van der Waals surface area contributed by atoms with E-state index in [1.165, 1.54) is 0 Å². The molecule has 1 aromatic heterocycles. The van der Waals surface area contributed by atoms with Gasteiger partial charge in [-0.15, -0.1) is 0 Å². The number of aryl methyl sites for hydroxylation is 1. The normalized spacial score (nSPS) is 17.2. The van der Waals surface area contributed by atoms with Crippen molar-refractivity contribution in [3.63, 3.8) is 0 Å². The van der Waals surface area contributed by atoms with E-state index >= 15 is 0 Å². The molecule has 2 heterocycles. The van der Waals surface area contributed by atoms with Crippen molar-refractivity contribution in [2.24, 2.45) is 5.41 Å². The van der Waals surface area contributed by atoms with Crippen LogP contribution >= 0.6 is 0 Å². The summed E-state index contributed by atoms with van der Waals surface area (Å²) in [6.45, 7) is 6.50. The fraction of sp³-hybridized carbons (Fsp3) is 0.286. The van der Waals surface area contributed by atoms with Crippen molar-refractivity contribution in [1.82, 2.24) is 4.98 Å². The van der Waals surface area contributed by atoms with Crippen LogP contribution in [0.4, 0.5) is 5.69 Å². The van der Waals surface area contributed by atoms with Gasteiger partial charge < -0.3 is 19.5 Å². The molecule has 1 N–H and O–H groups in total. The van der Waals surface area contributed by atoms with Crippen LogP contribution in [0.5, 0.6) is 17.2 Å². The topological polar surface area (TPSA) is 86.8 Å². The Kier molecular flexibility index (Phi) is 7.19. The van der Waals surface area contributed by atoms with Gasteiger partial charge in [0.05, 0.1) is 31.7 Å². The number of carbonyl (C=O) groups excluding carboxylic acids is 2. The summed E-state index contributed by atoms with van der Waals surface area (Å²) in [6, 6.07) is 20.8. The number of benzene rings is 3. The largest absolute Gasteiger partial charge is 0.493 e. The maximum Gasteiger partial charge on any atom is 0.314 e. The highest BCUT2D eigenvalue weighted by Crippen LogP contribution is 2.52. The Morgan fingerprint density at radius 1 is 1.02 bits per heavy atom. The number of pyridine rings is 1. The van der Waals surface area contributed by atoms with Crippen LogP contribution < -0.4 is 19.5 Å². The third-order valence-corrected chi connectivity index (χ3v) is 7.94. The van der Waals surface area contributed by atoms with Gasteiger partial charge in [-0.2, -0.15) is 0 Å². The predicted molar refractivity (Wildman–Crippen MR) is 163 cm³/mol. The lowest BCUT2D eigenvalue weighted by atomic mass is 9.68. The van der Waals surface area contributed by atoms with Crippen LogP contribution in [-0.4, -0.2) is 30.5 Å². The highest BCUT2D eigenvalue weighted by atomic mass is 16.6. The zero-order valence-corrected chi connectivity index (χ0v) is 24.3. The lowest BCUT2D eigenvalue weighted by molar-refractivity contribution is -0.135. The van der Waals surface area contributed by atoms with E-state index in [1.54, 1.807) is 19.4 Å². The van der Waals surface area contributed by atoms with Crippen molar-refractivity contribution in [2.45, 2.75) is 46.1 Å². The van der Waals surface area contributed by atoms with E-state index in [1.807, 2.05) is 61.5 Å². The lowest BCUT2D eigenvalue weighted by Gasteiger charge is -2.40. The molecule has 0 amide bonds. The van der Waals surface area contributed by atoms with Gasteiger partial charge in [0, 0.05) is 34.8 Å². The third kappa shape index (κ3) is 5.34. The molecular weight excluding hydrogens is 528 g/mol. The maximum atomic E-state index is 13.7. The molecule has 214 valence electrons. The minimum atomic E-state index is -0.423. The predicted octanol–water partition coefficient (Wildman–Crippen LogP) is 7.24. The number of hydrogen-bond donors (Lipinski definition) is 1. The van der Waals surface area contributed by atoms with Crippen molar-refractivity contribution < 1.29 is 23.8 Å². The Balaban J connectivity index is 1.28. The van der Waals surface area contributed by atoms with E-state index in [-0.39, 0.29) is 30.3 Å². The number of nitrogens with zero attached hydrogens (tertiary/aromatic N) is 1. The van der Waals surface area contributed by atoms with Crippen LogP contribution in [-0.2, 0) is 9.59 Å². The van der Waals surface area contributed by atoms with Crippen molar-refractivity contribution in [3.8, 4) is 17.2 Å². The van der Waals surface area contributed by atoms with Gasteiger partial charge in [0.1, 0.15) is 5.75 Å². The first-order chi connectivity index (χ1) is 20.2. The second kappa shape index (κ2) is 11.0. The number of ether oxygens (including phenoxy) is 3. The molecule has 6 rings (SSSR count). The molecule has 0 saturated heterocycles. The second-order valence-corrected chi connectivity index (χ2v) is 11.8. The number of hydrogen-bond acceptors (Lipinski definition) is 7. The summed E-state index contributed by atoms with van der Waals surface area (Å²) >= 11 is 0. The number of rotatable bonds is 7. The number of nitrogens with one attached hydrogen (secondary N) is 1. The molecule has 42 heavy (non-hydrogen) atoms. The van der Waals surface area contributed by atoms with Gasteiger partial charge in [0.15, 0.2) is 17.3 Å². The Morgan fingerprint density at radius 3 is 2.62 bits per heavy atom. The quantitative estimate of drug-likeness (QED) is 0.188. The third-order valence-electron chi connectivity index (χ3n) is 7.94. The SMILES string of the molecule is COc1cc([C@@H]2Nc3ccc4ncccc4c3C3=C2C(=O)CC(C)(C)C3)ccc1OC(=O)CCOc1ccc(C)cc1. The van der Waals surface area contributed by atoms with Crippen molar-refractivity contribution in [1.29, 1.82) is 0 Å². The molecule has 0 fully saturated rings. The van der Waals surface area contributed by atoms with E-state index < -0.39 is 5.97 Å². The van der Waals surface area contributed by atoms with Crippen molar-refractivity contribution in [2.75, 3.05) is 19.0 Å². The van der Waals surface area contributed by atoms with Crippen molar-refractivity contribution in [3.05, 3.63) is 95.2 Å². The van der Waals surface area contributed by atoms with Crippen LogP contribution in [0.3, 0.4) is 0 Å². The molecule has 4 aromatic rings. The fourth-order valence-electron chi connectivity index (χ4n) is 5.98. The van der Waals surface area contributed by atoms with Gasteiger partial charge in [0.2, 0.25) is 0 Å². The smallest absolute Gasteiger partial charge is 0.314 e. The summed E-state index contributed by atoms with van der Waals surface area (Å²) in [6.07, 6.45) is 3.13. The summed E-state index contributed by atoms with van der Waals surface area (Å²) in [7, 11) is 1.54. The number of anilines is 1. The number of aromatic nitrogens is 1. The Hall–Kier alpha value is -4.65. The van der Waals surface area contributed by atoms with Crippen LogP contribution in [0.1, 0.15) is 55.8 Å². The molecule has 2 aliphatic rings. The highest BCUT2D eigenvalue weighted by Gasteiger charge is 2.41. The van der Waals surface area contributed by atoms with Gasteiger partial charge in [-0.05, 0) is 72.4 Å². The van der Waals surface area contributed by atoms with Gasteiger partial charge in [-0.25, -0.2) is 0 Å². The zero-order chi connectivity index (χ0) is 29.4. The molecule has 0 saturated carbocycles. The first kappa shape index (κ1) is 27.5. The van der Waals surface area contributed by atoms with Gasteiger partial charge in [-0.3, -0.25) is 14.6 Å². The highest BCUT2D eigenvalue weighted by molar-refractivity contribution is 6.12. The second-order valence-electron chi connectivity index (χ2n) is 11.8. The average Bonchev–Trinajstić information content (AvgIpc) is 2.97. The number of carbonyl (C=O) groups is 2. The van der Waals surface area contributed by atoms with Crippen LogP contribution in [0.2, 0.25) is 0 Å². The molecule has 1 aliphatic carbocycles. The summed E-state index contributed by atoms with van der Waals surface area (Å²) in [4.78, 5) is 30.9. The fourth-order valence-corrected chi connectivity index (χ4v) is 5.98. The standard InChI is InChI=1S/C35H34N2O5/c1-21-7-10-23(11-8-21)41-17-15-31(39)42-29-14-9-22(18-30(29)40-4)34-33-25(19-35(2,3)20-28(33)38)32-24-6-5-16-36-26(24)12-13-27(32)37-34/h5-14,16,18,34,37H,15,17,19-20H2,1-4H3/t34-/m0/s1.